The van der Waals surface area contributed by atoms with Gasteiger partial charge >= 0.3 is 0 Å². The third-order valence-electron chi connectivity index (χ3n) is 4.12. The van der Waals surface area contributed by atoms with E-state index in [1.807, 2.05) is 18.2 Å². The molecular weight excluding hydrogens is 332 g/mol. The van der Waals surface area contributed by atoms with Crippen molar-refractivity contribution in [2.75, 3.05) is 36.9 Å². The molecule has 0 bridgehead atoms. The third kappa shape index (κ3) is 2.98. The van der Waals surface area contributed by atoms with Crippen LogP contribution >= 0.6 is 23.4 Å². The molecule has 0 spiro atoms. The maximum Gasteiger partial charge on any atom is 0.224 e. The second-order valence-electron chi connectivity index (χ2n) is 5.67. The van der Waals surface area contributed by atoms with Crippen LogP contribution in [0.2, 0.25) is 5.28 Å². The van der Waals surface area contributed by atoms with Crippen molar-refractivity contribution in [3.63, 3.8) is 0 Å². The fourth-order valence-electron chi connectivity index (χ4n) is 3.01. The van der Waals surface area contributed by atoms with Gasteiger partial charge in [-0.15, -0.1) is 11.8 Å². The molecule has 4 rings (SSSR count). The Hall–Kier alpha value is -1.50. The van der Waals surface area contributed by atoms with Crippen molar-refractivity contribution in [3.8, 4) is 0 Å². The second kappa shape index (κ2) is 6.19. The highest BCUT2D eigenvalue weighted by Gasteiger charge is 2.31. The summed E-state index contributed by atoms with van der Waals surface area (Å²) in [6.45, 7) is 3.12. The van der Waals surface area contributed by atoms with Crippen LogP contribution in [-0.4, -0.2) is 36.3 Å². The normalized spacial score (nSPS) is 20.6. The number of aromatic nitrogens is 2. The van der Waals surface area contributed by atoms with Crippen LogP contribution in [0.15, 0.2) is 29.2 Å². The lowest BCUT2D eigenvalue weighted by atomic mass is 10.1. The highest BCUT2D eigenvalue weighted by atomic mass is 35.5. The zero-order valence-electron chi connectivity index (χ0n) is 12.5. The first-order valence-corrected chi connectivity index (χ1v) is 8.87. The van der Waals surface area contributed by atoms with Gasteiger partial charge in [-0.3, -0.25) is 0 Å². The number of hydrogen-bond donors (Lipinski definition) is 1. The van der Waals surface area contributed by atoms with E-state index in [1.54, 1.807) is 11.8 Å². The van der Waals surface area contributed by atoms with Crippen LogP contribution < -0.4 is 10.6 Å². The first-order valence-electron chi connectivity index (χ1n) is 7.62. The molecule has 2 N–H and O–H groups in total. The molecule has 2 aliphatic heterocycles. The van der Waals surface area contributed by atoms with Gasteiger partial charge in [0.1, 0.15) is 5.82 Å². The van der Waals surface area contributed by atoms with Gasteiger partial charge in [-0.05, 0) is 29.3 Å². The van der Waals surface area contributed by atoms with E-state index in [0.717, 1.165) is 54.8 Å². The van der Waals surface area contributed by atoms with Gasteiger partial charge in [0.15, 0.2) is 0 Å². The third-order valence-corrected chi connectivity index (χ3v) is 5.67. The molecule has 5 nitrogen and oxygen atoms in total. The van der Waals surface area contributed by atoms with Crippen LogP contribution in [0.4, 0.5) is 11.5 Å². The van der Waals surface area contributed by atoms with E-state index in [0.29, 0.717) is 10.5 Å². The fraction of sp³-hybridized carbons (Fsp3) is 0.375. The van der Waals surface area contributed by atoms with E-state index in [-0.39, 0.29) is 0 Å². The molecule has 2 aliphatic rings. The minimum atomic E-state index is 0.307. The molecule has 7 heteroatoms. The second-order valence-corrected chi connectivity index (χ2v) is 7.22. The molecular formula is C16H17ClN4OS. The van der Waals surface area contributed by atoms with Gasteiger partial charge in [0.25, 0.3) is 0 Å². The standard InChI is InChI=1S/C16H17ClN4OS/c17-16-19-12-9-13(10-2-1-3-11(18)8-10)23-14(12)15(20-16)21-4-6-22-7-5-21/h1-3,8,13H,4-7,9,18H2. The molecule has 1 aromatic carbocycles. The Kier molecular flexibility index (Phi) is 4.05. The number of benzene rings is 1. The largest absolute Gasteiger partial charge is 0.399 e. The number of ether oxygens (including phenoxy) is 1. The van der Waals surface area contributed by atoms with Gasteiger partial charge < -0.3 is 15.4 Å². The minimum Gasteiger partial charge on any atom is -0.399 e. The Labute approximate surface area is 144 Å². The van der Waals surface area contributed by atoms with Crippen LogP contribution in [0.25, 0.3) is 0 Å². The van der Waals surface area contributed by atoms with Crippen molar-refractivity contribution >= 4 is 34.9 Å². The molecule has 1 unspecified atom stereocenters. The van der Waals surface area contributed by atoms with Gasteiger partial charge in [0, 0.05) is 30.4 Å². The van der Waals surface area contributed by atoms with Crippen molar-refractivity contribution in [1.82, 2.24) is 9.97 Å². The molecule has 0 saturated carbocycles. The Bertz CT molecular complexity index is 736. The number of thioether (sulfide) groups is 1. The summed E-state index contributed by atoms with van der Waals surface area (Å²) in [5.74, 6) is 0.944. The van der Waals surface area contributed by atoms with E-state index >= 15 is 0 Å². The number of nitrogen functional groups attached to an aromatic ring is 1. The quantitative estimate of drug-likeness (QED) is 0.665. The van der Waals surface area contributed by atoms with E-state index < -0.39 is 0 Å². The Balaban J connectivity index is 1.67. The minimum absolute atomic E-state index is 0.307. The van der Waals surface area contributed by atoms with Crippen molar-refractivity contribution in [2.24, 2.45) is 0 Å². The molecule has 1 aromatic heterocycles. The number of rotatable bonds is 2. The zero-order chi connectivity index (χ0) is 15.8. The molecule has 120 valence electrons. The zero-order valence-corrected chi connectivity index (χ0v) is 14.1. The number of nitrogens with zero attached hydrogens (tertiary/aromatic N) is 3. The maximum atomic E-state index is 6.16. The summed E-state index contributed by atoms with van der Waals surface area (Å²) >= 11 is 7.96. The lowest BCUT2D eigenvalue weighted by Gasteiger charge is -2.29. The summed E-state index contributed by atoms with van der Waals surface area (Å²) < 4.78 is 5.44. The van der Waals surface area contributed by atoms with Gasteiger partial charge in [0.05, 0.1) is 23.8 Å². The highest BCUT2D eigenvalue weighted by Crippen LogP contribution is 2.49. The van der Waals surface area contributed by atoms with E-state index in [2.05, 4.69) is 20.9 Å². The SMILES string of the molecule is Nc1cccc(C2Cc3nc(Cl)nc(N4CCOCC4)c3S2)c1. The number of nitrogens with two attached hydrogens (primary N) is 1. The smallest absolute Gasteiger partial charge is 0.224 e. The van der Waals surface area contributed by atoms with Crippen LogP contribution in [0.3, 0.4) is 0 Å². The van der Waals surface area contributed by atoms with E-state index in [9.17, 15) is 0 Å². The van der Waals surface area contributed by atoms with Gasteiger partial charge in [-0.2, -0.15) is 4.98 Å². The monoisotopic (exact) mass is 348 g/mol. The molecule has 3 heterocycles. The topological polar surface area (TPSA) is 64.3 Å². The summed E-state index contributed by atoms with van der Waals surface area (Å²) in [5, 5.41) is 0.625. The van der Waals surface area contributed by atoms with Crippen molar-refractivity contribution in [3.05, 3.63) is 40.8 Å². The summed E-state index contributed by atoms with van der Waals surface area (Å²) in [5.41, 5.74) is 8.96. The number of morpholine rings is 1. The number of halogens is 1. The van der Waals surface area contributed by atoms with E-state index in [4.69, 9.17) is 22.1 Å². The van der Waals surface area contributed by atoms with Gasteiger partial charge in [-0.1, -0.05) is 12.1 Å². The van der Waals surface area contributed by atoms with Crippen LogP contribution in [0, 0.1) is 0 Å². The van der Waals surface area contributed by atoms with Crippen LogP contribution in [0.1, 0.15) is 16.5 Å². The first-order chi connectivity index (χ1) is 11.2. The molecule has 0 amide bonds. The molecule has 0 radical (unpaired) electrons. The summed E-state index contributed by atoms with van der Waals surface area (Å²) in [4.78, 5) is 12.3. The van der Waals surface area contributed by atoms with Gasteiger partial charge in [0.2, 0.25) is 5.28 Å². The number of hydrogen-bond acceptors (Lipinski definition) is 6. The summed E-state index contributed by atoms with van der Waals surface area (Å²) in [7, 11) is 0. The molecule has 23 heavy (non-hydrogen) atoms. The predicted octanol–water partition coefficient (Wildman–Crippen LogP) is 2.94. The average Bonchev–Trinajstić information content (AvgIpc) is 2.99. The lowest BCUT2D eigenvalue weighted by Crippen LogP contribution is -2.37. The Morgan fingerprint density at radius 2 is 2.09 bits per heavy atom. The molecule has 1 atom stereocenters. The van der Waals surface area contributed by atoms with Crippen molar-refractivity contribution < 1.29 is 4.74 Å². The Morgan fingerprint density at radius 3 is 2.87 bits per heavy atom. The number of anilines is 2. The fourth-order valence-corrected chi connectivity index (χ4v) is 4.54. The summed E-state index contributed by atoms with van der Waals surface area (Å²) in [6, 6.07) is 8.05. The van der Waals surface area contributed by atoms with Gasteiger partial charge in [-0.25, -0.2) is 4.98 Å². The average molecular weight is 349 g/mol. The lowest BCUT2D eigenvalue weighted by molar-refractivity contribution is 0.122. The van der Waals surface area contributed by atoms with E-state index in [1.165, 1.54) is 5.56 Å². The number of fused-ring (bicyclic) bond motifs is 1. The predicted molar refractivity (Wildman–Crippen MR) is 93.2 cm³/mol. The molecule has 2 aromatic rings. The molecule has 1 fully saturated rings. The highest BCUT2D eigenvalue weighted by molar-refractivity contribution is 8.00. The van der Waals surface area contributed by atoms with Crippen LogP contribution in [0.5, 0.6) is 0 Å². The van der Waals surface area contributed by atoms with Crippen molar-refractivity contribution in [2.45, 2.75) is 16.6 Å². The van der Waals surface area contributed by atoms with Crippen LogP contribution in [-0.2, 0) is 11.2 Å². The van der Waals surface area contributed by atoms with Crippen molar-refractivity contribution in [1.29, 1.82) is 0 Å². The molecule has 1 saturated heterocycles. The Morgan fingerprint density at radius 1 is 1.26 bits per heavy atom. The molecule has 0 aliphatic carbocycles. The summed E-state index contributed by atoms with van der Waals surface area (Å²) in [6.07, 6.45) is 0.850. The first kappa shape index (κ1) is 15.1. The maximum absolute atomic E-state index is 6.16.